The molecule has 3 atom stereocenters. The fraction of sp³-hybridized carbons (Fsp3) is 0.333. The summed E-state index contributed by atoms with van der Waals surface area (Å²) in [6.45, 7) is 9.68. The molecule has 0 saturated heterocycles. The van der Waals surface area contributed by atoms with Crippen LogP contribution in [0.25, 0.3) is 0 Å². The van der Waals surface area contributed by atoms with Crippen molar-refractivity contribution in [2.24, 2.45) is 5.92 Å². The largest absolute Gasteiger partial charge is 0.487 e. The maximum Gasteiger partial charge on any atom is 0.270 e. The van der Waals surface area contributed by atoms with Gasteiger partial charge < -0.3 is 28.9 Å². The second-order valence-electron chi connectivity index (χ2n) is 12.4. The number of non-ortho nitro benzene ring substituents is 2. The van der Waals surface area contributed by atoms with Gasteiger partial charge in [0.2, 0.25) is 0 Å². The number of nitrogens with one attached hydrogen (secondary N) is 2. The van der Waals surface area contributed by atoms with E-state index in [2.05, 4.69) is 9.97 Å². The average Bonchev–Trinajstić information content (AvgIpc) is 2.99. The van der Waals surface area contributed by atoms with Gasteiger partial charge >= 0.3 is 0 Å². The van der Waals surface area contributed by atoms with Crippen LogP contribution in [0.3, 0.4) is 0 Å². The van der Waals surface area contributed by atoms with Crippen molar-refractivity contribution in [1.29, 1.82) is 0 Å². The van der Waals surface area contributed by atoms with E-state index >= 15 is 0 Å². The summed E-state index contributed by atoms with van der Waals surface area (Å²) in [4.78, 5) is 49.1. The fourth-order valence-corrected chi connectivity index (χ4v) is 5.44. The minimum atomic E-state index is -0.519. The molecule has 2 aromatic heterocycles. The quantitative estimate of drug-likeness (QED) is 0.181. The minimum absolute atomic E-state index is 0.0217. The van der Waals surface area contributed by atoms with Crippen LogP contribution in [-0.2, 0) is 0 Å². The lowest BCUT2D eigenvalue weighted by Crippen LogP contribution is -2.44. The Morgan fingerprint density at radius 1 is 0.745 bits per heavy atom. The predicted molar refractivity (Wildman–Crippen MR) is 170 cm³/mol. The first-order chi connectivity index (χ1) is 22.1. The lowest BCUT2D eigenvalue weighted by Gasteiger charge is -2.42. The van der Waals surface area contributed by atoms with Gasteiger partial charge in [0.15, 0.2) is 0 Å². The molecule has 4 aromatic rings. The molecular formula is C33H34N4O10. The van der Waals surface area contributed by atoms with Crippen LogP contribution in [0, 0.1) is 26.1 Å². The third-order valence-electron chi connectivity index (χ3n) is 8.08. The van der Waals surface area contributed by atoms with E-state index in [0.29, 0.717) is 40.5 Å². The molecule has 2 aromatic carbocycles. The topological polar surface area (TPSA) is 189 Å². The zero-order chi connectivity index (χ0) is 34.1. The number of aromatic nitrogens is 2. The van der Waals surface area contributed by atoms with Crippen molar-refractivity contribution in [1.82, 2.24) is 9.97 Å². The summed E-state index contributed by atoms with van der Waals surface area (Å²) >= 11 is 0. The van der Waals surface area contributed by atoms with Crippen molar-refractivity contribution in [3.8, 4) is 23.0 Å². The van der Waals surface area contributed by atoms with E-state index < -0.39 is 33.3 Å². The molecule has 47 heavy (non-hydrogen) atoms. The van der Waals surface area contributed by atoms with Crippen LogP contribution in [0.15, 0.2) is 82.6 Å². The molecule has 6 rings (SSSR count). The highest BCUT2D eigenvalue weighted by atomic mass is 16.6. The Bertz CT molecular complexity index is 1930. The second kappa shape index (κ2) is 12.6. The fourth-order valence-electron chi connectivity index (χ4n) is 5.44. The number of benzene rings is 2. The zero-order valence-electron chi connectivity index (χ0n) is 26.3. The Morgan fingerprint density at radius 3 is 1.79 bits per heavy atom. The molecule has 0 spiro atoms. The van der Waals surface area contributed by atoms with E-state index in [0.717, 1.165) is 0 Å². The maximum atomic E-state index is 11.5. The zero-order valence-corrected chi connectivity index (χ0v) is 26.3. The number of fused-ring (bicyclic) bond motifs is 2. The molecule has 0 bridgehead atoms. The number of nitrogens with zero attached hydrogens (tertiary/aromatic N) is 2. The minimum Gasteiger partial charge on any atom is -0.487 e. The van der Waals surface area contributed by atoms with Gasteiger partial charge in [-0.1, -0.05) is 6.92 Å². The number of nitro benzene ring substituents is 2. The summed E-state index contributed by atoms with van der Waals surface area (Å²) < 4.78 is 23.8. The summed E-state index contributed by atoms with van der Waals surface area (Å²) in [6.07, 6.45) is 2.60. The molecule has 2 aliphatic rings. The average molecular weight is 647 g/mol. The monoisotopic (exact) mass is 646 g/mol. The Hall–Kier alpha value is -5.66. The number of hydrogen-bond donors (Lipinski definition) is 2. The molecule has 0 radical (unpaired) electrons. The summed E-state index contributed by atoms with van der Waals surface area (Å²) in [7, 11) is 0. The lowest BCUT2D eigenvalue weighted by atomic mass is 9.81. The number of H-pyrrole nitrogens is 2. The first kappa shape index (κ1) is 32.7. The van der Waals surface area contributed by atoms with E-state index in [-0.39, 0.29) is 28.4 Å². The Balaban J connectivity index is 0.000000185. The standard InChI is InChI=1S/C17H18N2O5.C16H16N2O5/c1-10-16(23-12-6-7-18-15(20)9-12)13-8-11(19(21)22)4-5-14(13)24-17(10,2)3;1-16(2)9-14(22-11-5-6-17-15(19)8-11)12-7-10(18(20)21)3-4-13(12)23-16/h4-10,16H,1-3H3,(H,18,20);3-8,14H,9H2,1-2H3,(H,17,19). The third-order valence-corrected chi connectivity index (χ3v) is 8.08. The van der Waals surface area contributed by atoms with Crippen LogP contribution in [0.2, 0.25) is 0 Å². The summed E-state index contributed by atoms with van der Waals surface area (Å²) in [6, 6.07) is 14.9. The van der Waals surface area contributed by atoms with Crippen LogP contribution in [0.1, 0.15) is 64.4 Å². The van der Waals surface area contributed by atoms with E-state index in [1.54, 1.807) is 24.3 Å². The van der Waals surface area contributed by atoms with Gasteiger partial charge in [0, 0.05) is 72.3 Å². The van der Waals surface area contributed by atoms with E-state index in [4.69, 9.17) is 18.9 Å². The van der Waals surface area contributed by atoms with Crippen LogP contribution >= 0.6 is 0 Å². The molecule has 0 aliphatic carbocycles. The molecule has 4 heterocycles. The highest BCUT2D eigenvalue weighted by molar-refractivity contribution is 5.48. The number of pyridine rings is 2. The molecule has 2 aliphatic heterocycles. The van der Waals surface area contributed by atoms with Gasteiger partial charge in [0.25, 0.3) is 22.5 Å². The summed E-state index contributed by atoms with van der Waals surface area (Å²) in [5.74, 6) is 1.84. The van der Waals surface area contributed by atoms with Crippen molar-refractivity contribution in [3.63, 3.8) is 0 Å². The molecule has 0 fully saturated rings. The van der Waals surface area contributed by atoms with E-state index in [1.807, 2.05) is 34.6 Å². The highest BCUT2D eigenvalue weighted by Crippen LogP contribution is 2.47. The number of nitro groups is 2. The van der Waals surface area contributed by atoms with Crippen molar-refractivity contribution in [2.75, 3.05) is 0 Å². The van der Waals surface area contributed by atoms with Gasteiger partial charge in [-0.15, -0.1) is 0 Å². The van der Waals surface area contributed by atoms with Crippen LogP contribution < -0.4 is 30.1 Å². The molecule has 3 unspecified atom stereocenters. The second-order valence-corrected chi connectivity index (χ2v) is 12.4. The molecular weight excluding hydrogens is 612 g/mol. The number of aromatic amines is 2. The smallest absolute Gasteiger partial charge is 0.270 e. The third kappa shape index (κ3) is 7.43. The van der Waals surface area contributed by atoms with Crippen molar-refractivity contribution < 1.29 is 28.8 Å². The molecule has 14 nitrogen and oxygen atoms in total. The van der Waals surface area contributed by atoms with Crippen molar-refractivity contribution in [3.05, 3.63) is 125 Å². The summed E-state index contributed by atoms with van der Waals surface area (Å²) in [5, 5.41) is 22.1. The van der Waals surface area contributed by atoms with Gasteiger partial charge in [0.05, 0.1) is 9.85 Å². The predicted octanol–water partition coefficient (Wildman–Crippen LogP) is 6.17. The highest BCUT2D eigenvalue weighted by Gasteiger charge is 2.43. The van der Waals surface area contributed by atoms with Gasteiger partial charge in [-0.25, -0.2) is 0 Å². The first-order valence-electron chi connectivity index (χ1n) is 14.8. The summed E-state index contributed by atoms with van der Waals surface area (Å²) in [5.41, 5.74) is -0.367. The van der Waals surface area contributed by atoms with Gasteiger partial charge in [-0.05, 0) is 52.0 Å². The first-order valence-corrected chi connectivity index (χ1v) is 14.8. The number of ether oxygens (including phenoxy) is 4. The van der Waals surface area contributed by atoms with Crippen molar-refractivity contribution >= 4 is 11.4 Å². The molecule has 0 amide bonds. The molecule has 246 valence electrons. The van der Waals surface area contributed by atoms with Gasteiger partial charge in [-0.3, -0.25) is 29.8 Å². The molecule has 14 heteroatoms. The Labute approximate surface area is 268 Å². The lowest BCUT2D eigenvalue weighted by molar-refractivity contribution is -0.385. The Morgan fingerprint density at radius 2 is 1.26 bits per heavy atom. The van der Waals surface area contributed by atoms with Crippen LogP contribution in [0.4, 0.5) is 11.4 Å². The Kier molecular flexibility index (Phi) is 8.79. The van der Waals surface area contributed by atoms with Crippen molar-refractivity contribution in [2.45, 2.75) is 64.4 Å². The van der Waals surface area contributed by atoms with Gasteiger partial charge in [0.1, 0.15) is 46.4 Å². The molecule has 0 saturated carbocycles. The molecule has 2 N–H and O–H groups in total. The van der Waals surface area contributed by atoms with Gasteiger partial charge in [-0.2, -0.15) is 0 Å². The van der Waals surface area contributed by atoms with Crippen LogP contribution in [0.5, 0.6) is 23.0 Å². The number of hydrogen-bond acceptors (Lipinski definition) is 10. The van der Waals surface area contributed by atoms with E-state index in [1.165, 1.54) is 48.8 Å². The SMILES string of the molecule is CC1(C)CC(Oc2cc[nH]c(=O)c2)c2cc([N+](=O)[O-])ccc2O1.CC1C(Oc2cc[nH]c(=O)c2)c2cc([N+](=O)[O-])ccc2OC1(C)C. The van der Waals surface area contributed by atoms with Crippen LogP contribution in [-0.4, -0.2) is 31.0 Å². The number of rotatable bonds is 6. The van der Waals surface area contributed by atoms with E-state index in [9.17, 15) is 29.8 Å². The maximum absolute atomic E-state index is 11.5. The normalized spacial score (nSPS) is 20.1.